The maximum absolute atomic E-state index is 13.8. The first-order valence-corrected chi connectivity index (χ1v) is 7.12. The monoisotopic (exact) mass is 294 g/mol. The molecule has 2 aromatic rings. The lowest BCUT2D eigenvalue weighted by Crippen LogP contribution is -2.11. The third-order valence-electron chi connectivity index (χ3n) is 2.78. The van der Waals surface area contributed by atoms with Crippen LogP contribution in [0.15, 0.2) is 47.4 Å². The number of ketones is 1. The number of aryl methyl sites for hydroxylation is 1. The summed E-state index contributed by atoms with van der Waals surface area (Å²) < 4.78 is 45.4. The molecule has 0 amide bonds. The topological polar surface area (TPSA) is 71.4 Å². The van der Waals surface area contributed by atoms with Crippen LogP contribution in [0.4, 0.5) is 4.39 Å². The van der Waals surface area contributed by atoms with E-state index in [2.05, 4.69) is 0 Å². The molecular formula is C14H11FO4S. The van der Waals surface area contributed by atoms with Crippen molar-refractivity contribution in [3.8, 4) is 0 Å². The lowest BCUT2D eigenvalue weighted by Gasteiger charge is -2.07. The summed E-state index contributed by atoms with van der Waals surface area (Å²) in [6, 6.07) is 9.14. The molecule has 0 radical (unpaired) electrons. The van der Waals surface area contributed by atoms with Gasteiger partial charge in [-0.15, -0.1) is 0 Å². The molecule has 2 rings (SSSR count). The molecule has 0 bridgehead atoms. The van der Waals surface area contributed by atoms with Gasteiger partial charge in [0.05, 0.1) is 5.56 Å². The molecule has 0 spiro atoms. The Hall–Kier alpha value is -2.05. The Labute approximate surface area is 115 Å². The van der Waals surface area contributed by atoms with Crippen LogP contribution in [0.25, 0.3) is 0 Å². The van der Waals surface area contributed by atoms with E-state index < -0.39 is 26.6 Å². The van der Waals surface area contributed by atoms with Crippen LogP contribution in [0.5, 0.6) is 0 Å². The molecule has 0 saturated carbocycles. The van der Waals surface area contributed by atoms with E-state index in [1.165, 1.54) is 30.3 Å². The molecule has 0 saturated heterocycles. The van der Waals surface area contributed by atoms with Crippen molar-refractivity contribution in [2.24, 2.45) is 0 Å². The number of hydrogen-bond acceptors (Lipinski definition) is 3. The van der Waals surface area contributed by atoms with E-state index in [0.717, 1.165) is 6.07 Å². The van der Waals surface area contributed by atoms with E-state index in [1.807, 2.05) is 0 Å². The minimum absolute atomic E-state index is 0.244. The van der Waals surface area contributed by atoms with Crippen molar-refractivity contribution < 1.29 is 22.2 Å². The third-order valence-corrected chi connectivity index (χ3v) is 3.69. The van der Waals surface area contributed by atoms with Crippen molar-refractivity contribution in [2.45, 2.75) is 11.8 Å². The van der Waals surface area contributed by atoms with Crippen LogP contribution >= 0.6 is 0 Å². The van der Waals surface area contributed by atoms with Crippen LogP contribution in [-0.4, -0.2) is 18.8 Å². The van der Waals surface area contributed by atoms with E-state index in [4.69, 9.17) is 4.55 Å². The molecule has 0 aliphatic heterocycles. The molecule has 0 fully saturated rings. The second-order valence-corrected chi connectivity index (χ2v) is 5.67. The number of benzene rings is 2. The molecule has 0 unspecified atom stereocenters. The zero-order valence-electron chi connectivity index (χ0n) is 10.5. The van der Waals surface area contributed by atoms with Gasteiger partial charge >= 0.3 is 0 Å². The molecule has 6 heteroatoms. The normalized spacial score (nSPS) is 11.3. The van der Waals surface area contributed by atoms with Crippen molar-refractivity contribution >= 4 is 15.9 Å². The average Bonchev–Trinajstić information content (AvgIpc) is 2.37. The highest BCUT2D eigenvalue weighted by molar-refractivity contribution is 7.86. The number of carbonyl (C=O) groups is 1. The van der Waals surface area contributed by atoms with Crippen LogP contribution in [0.1, 0.15) is 21.5 Å². The first-order chi connectivity index (χ1) is 9.30. The highest BCUT2D eigenvalue weighted by Crippen LogP contribution is 2.21. The smallest absolute Gasteiger partial charge is 0.288 e. The number of hydrogen-bond donors (Lipinski definition) is 1. The highest BCUT2D eigenvalue weighted by Gasteiger charge is 2.22. The largest absolute Gasteiger partial charge is 0.295 e. The minimum atomic E-state index is -4.55. The second kappa shape index (κ2) is 5.15. The molecule has 4 nitrogen and oxygen atoms in total. The van der Waals surface area contributed by atoms with E-state index in [9.17, 15) is 17.6 Å². The maximum Gasteiger partial charge on any atom is 0.295 e. The van der Waals surface area contributed by atoms with Gasteiger partial charge in [0.1, 0.15) is 10.7 Å². The number of rotatable bonds is 3. The van der Waals surface area contributed by atoms with Crippen molar-refractivity contribution in [1.82, 2.24) is 0 Å². The van der Waals surface area contributed by atoms with Crippen LogP contribution in [0, 0.1) is 12.7 Å². The molecule has 20 heavy (non-hydrogen) atoms. The van der Waals surface area contributed by atoms with Gasteiger partial charge in [-0.05, 0) is 36.8 Å². The van der Waals surface area contributed by atoms with E-state index in [1.54, 1.807) is 13.0 Å². The Balaban J connectivity index is 2.60. The fraction of sp³-hybridized carbons (Fsp3) is 0.0714. The van der Waals surface area contributed by atoms with Gasteiger partial charge in [-0.25, -0.2) is 4.39 Å². The highest BCUT2D eigenvalue weighted by atomic mass is 32.2. The zero-order valence-corrected chi connectivity index (χ0v) is 11.3. The first kappa shape index (κ1) is 14.4. The summed E-state index contributed by atoms with van der Waals surface area (Å²) in [6.45, 7) is 1.67. The molecule has 1 N–H and O–H groups in total. The molecule has 104 valence electrons. The molecule has 0 atom stereocenters. The van der Waals surface area contributed by atoms with E-state index >= 15 is 0 Å². The zero-order chi connectivity index (χ0) is 14.9. The van der Waals surface area contributed by atoms with Crippen molar-refractivity contribution in [3.05, 3.63) is 65.0 Å². The van der Waals surface area contributed by atoms with E-state index in [-0.39, 0.29) is 11.1 Å². The Kier molecular flexibility index (Phi) is 3.69. The van der Waals surface area contributed by atoms with Gasteiger partial charge in [-0.2, -0.15) is 8.42 Å². The van der Waals surface area contributed by atoms with E-state index in [0.29, 0.717) is 5.56 Å². The Morgan fingerprint density at radius 1 is 1.10 bits per heavy atom. The van der Waals surface area contributed by atoms with Gasteiger partial charge in [-0.1, -0.05) is 18.2 Å². The average molecular weight is 294 g/mol. The second-order valence-electron chi connectivity index (χ2n) is 4.28. The summed E-state index contributed by atoms with van der Waals surface area (Å²) in [5, 5.41) is 0. The van der Waals surface area contributed by atoms with Gasteiger partial charge in [-0.3, -0.25) is 9.35 Å². The standard InChI is InChI=1S/C14H11FO4S/c1-9-6-7-10(12(15)8-9)14(16)11-4-2-3-5-13(11)20(17,18)19/h2-8H,1H3,(H,17,18,19). The van der Waals surface area contributed by atoms with Crippen LogP contribution in [0.2, 0.25) is 0 Å². The Bertz CT molecular complexity index is 782. The fourth-order valence-electron chi connectivity index (χ4n) is 1.83. The Morgan fingerprint density at radius 3 is 2.35 bits per heavy atom. The minimum Gasteiger partial charge on any atom is -0.288 e. The van der Waals surface area contributed by atoms with Crippen molar-refractivity contribution in [3.63, 3.8) is 0 Å². The molecule has 0 aliphatic carbocycles. The van der Waals surface area contributed by atoms with Gasteiger partial charge in [0, 0.05) is 5.56 Å². The molecule has 0 aliphatic rings. The molecule has 0 heterocycles. The first-order valence-electron chi connectivity index (χ1n) is 5.68. The quantitative estimate of drug-likeness (QED) is 0.697. The van der Waals surface area contributed by atoms with Crippen molar-refractivity contribution in [1.29, 1.82) is 0 Å². The number of carbonyl (C=O) groups excluding carboxylic acids is 1. The predicted molar refractivity (Wildman–Crippen MR) is 70.8 cm³/mol. The van der Waals surface area contributed by atoms with Gasteiger partial charge in [0.25, 0.3) is 10.1 Å². The fourth-order valence-corrected chi connectivity index (χ4v) is 2.52. The summed E-state index contributed by atoms with van der Waals surface area (Å²) in [5.41, 5.74) is 0.131. The number of halogens is 1. The molecule has 0 aromatic heterocycles. The molecule has 2 aromatic carbocycles. The van der Waals surface area contributed by atoms with Gasteiger partial charge in [0.15, 0.2) is 5.78 Å². The van der Waals surface area contributed by atoms with Gasteiger partial charge < -0.3 is 0 Å². The lowest BCUT2D eigenvalue weighted by molar-refractivity contribution is 0.103. The van der Waals surface area contributed by atoms with Gasteiger partial charge in [0.2, 0.25) is 0 Å². The van der Waals surface area contributed by atoms with Crippen molar-refractivity contribution in [2.75, 3.05) is 0 Å². The summed E-state index contributed by atoms with van der Waals surface area (Å²) in [7, 11) is -4.55. The maximum atomic E-state index is 13.8. The lowest BCUT2D eigenvalue weighted by atomic mass is 10.0. The van der Waals surface area contributed by atoms with Crippen LogP contribution in [-0.2, 0) is 10.1 Å². The van der Waals surface area contributed by atoms with Crippen LogP contribution in [0.3, 0.4) is 0 Å². The summed E-state index contributed by atoms with van der Waals surface area (Å²) in [4.78, 5) is 11.7. The summed E-state index contributed by atoms with van der Waals surface area (Å²) in [5.74, 6) is -1.53. The summed E-state index contributed by atoms with van der Waals surface area (Å²) >= 11 is 0. The van der Waals surface area contributed by atoms with Crippen LogP contribution < -0.4 is 0 Å². The summed E-state index contributed by atoms with van der Waals surface area (Å²) in [6.07, 6.45) is 0. The SMILES string of the molecule is Cc1ccc(C(=O)c2ccccc2S(=O)(=O)O)c(F)c1. The third kappa shape index (κ3) is 2.76. The predicted octanol–water partition coefficient (Wildman–Crippen LogP) is 2.61. The Morgan fingerprint density at radius 2 is 1.75 bits per heavy atom. The molecular weight excluding hydrogens is 283 g/mol.